The molecule has 144 valence electrons. The van der Waals surface area contributed by atoms with Crippen molar-refractivity contribution >= 4 is 16.7 Å². The molecule has 4 aromatic rings. The van der Waals surface area contributed by atoms with Crippen molar-refractivity contribution in [1.82, 2.24) is 18.9 Å². The summed E-state index contributed by atoms with van der Waals surface area (Å²) in [6.45, 7) is -3.03. The van der Waals surface area contributed by atoms with Gasteiger partial charge in [-0.05, 0) is 36.4 Å². The summed E-state index contributed by atoms with van der Waals surface area (Å²) in [6.07, 6.45) is -2.02. The van der Waals surface area contributed by atoms with Crippen LogP contribution in [-0.4, -0.2) is 25.5 Å². The Bertz CT molecular complexity index is 1230. The Morgan fingerprint density at radius 2 is 1.71 bits per heavy atom. The highest BCUT2D eigenvalue weighted by atomic mass is 19.4. The number of benzene rings is 1. The van der Waals surface area contributed by atoms with Crippen molar-refractivity contribution in [3.05, 3.63) is 65.0 Å². The molecule has 0 aliphatic carbocycles. The minimum absolute atomic E-state index is 0.124. The Kier molecular flexibility index (Phi) is 4.02. The molecule has 4 rings (SSSR count). The van der Waals surface area contributed by atoms with E-state index in [1.54, 1.807) is 0 Å². The van der Waals surface area contributed by atoms with Crippen LogP contribution in [0.3, 0.4) is 0 Å². The van der Waals surface area contributed by atoms with Crippen LogP contribution < -0.4 is 10.4 Å². The summed E-state index contributed by atoms with van der Waals surface area (Å²) in [5.74, 6) is -0.163. The van der Waals surface area contributed by atoms with Gasteiger partial charge in [0.15, 0.2) is 11.3 Å². The van der Waals surface area contributed by atoms with E-state index >= 15 is 0 Å². The largest absolute Gasteiger partial charge is 0.435 e. The summed E-state index contributed by atoms with van der Waals surface area (Å²) in [7, 11) is 0. The number of pyridine rings is 1. The van der Waals surface area contributed by atoms with Gasteiger partial charge in [-0.3, -0.25) is 4.40 Å². The highest BCUT2D eigenvalue weighted by Crippen LogP contribution is 2.30. The van der Waals surface area contributed by atoms with Crippen molar-refractivity contribution in [2.24, 2.45) is 0 Å². The molecule has 0 aliphatic rings. The maximum atomic E-state index is 13.1. The van der Waals surface area contributed by atoms with Crippen LogP contribution in [0.4, 0.5) is 22.0 Å². The number of hydrogen-bond acceptors (Lipinski definition) is 4. The second kappa shape index (κ2) is 6.29. The van der Waals surface area contributed by atoms with Crippen molar-refractivity contribution in [2.45, 2.75) is 12.8 Å². The third-order valence-corrected chi connectivity index (χ3v) is 3.98. The summed E-state index contributed by atoms with van der Waals surface area (Å²) in [5.41, 5.74) is -1.88. The van der Waals surface area contributed by atoms with Crippen molar-refractivity contribution in [2.75, 3.05) is 0 Å². The molecule has 0 N–H and O–H groups in total. The van der Waals surface area contributed by atoms with Crippen LogP contribution in [0.25, 0.3) is 22.4 Å². The van der Waals surface area contributed by atoms with E-state index in [2.05, 4.69) is 14.7 Å². The van der Waals surface area contributed by atoms with Crippen LogP contribution in [-0.2, 0) is 6.18 Å². The molecular weight excluding hydrogens is 387 g/mol. The van der Waals surface area contributed by atoms with Crippen LogP contribution in [0, 0.1) is 0 Å². The van der Waals surface area contributed by atoms with E-state index in [4.69, 9.17) is 0 Å². The van der Waals surface area contributed by atoms with E-state index in [9.17, 15) is 26.7 Å². The smallest absolute Gasteiger partial charge is 0.433 e. The summed E-state index contributed by atoms with van der Waals surface area (Å²) >= 11 is 0. The van der Waals surface area contributed by atoms with Crippen molar-refractivity contribution < 1.29 is 26.7 Å². The van der Waals surface area contributed by atoms with Gasteiger partial charge in [0.1, 0.15) is 11.4 Å². The Morgan fingerprint density at radius 3 is 2.36 bits per heavy atom. The lowest BCUT2D eigenvalue weighted by atomic mass is 10.2. The van der Waals surface area contributed by atoms with Gasteiger partial charge in [-0.2, -0.15) is 22.0 Å². The number of hydrogen-bond donors (Lipinski definition) is 0. The molecule has 3 heterocycles. The molecule has 6 nitrogen and oxygen atoms in total. The lowest BCUT2D eigenvalue weighted by Gasteiger charge is -2.13. The van der Waals surface area contributed by atoms with E-state index in [1.165, 1.54) is 42.7 Å². The molecule has 1 aromatic carbocycles. The number of halogens is 5. The average molecular weight is 396 g/mol. The number of alkyl halides is 5. The van der Waals surface area contributed by atoms with E-state index in [-0.39, 0.29) is 28.1 Å². The number of ether oxygens (including phenoxy) is 1. The van der Waals surface area contributed by atoms with Gasteiger partial charge in [-0.1, -0.05) is 0 Å². The van der Waals surface area contributed by atoms with Crippen LogP contribution in [0.5, 0.6) is 5.75 Å². The van der Waals surface area contributed by atoms with Crippen molar-refractivity contribution in [3.8, 4) is 11.4 Å². The van der Waals surface area contributed by atoms with Crippen LogP contribution in [0.15, 0.2) is 53.6 Å². The van der Waals surface area contributed by atoms with Gasteiger partial charge in [0.25, 0.3) is 0 Å². The third-order valence-electron chi connectivity index (χ3n) is 3.98. The van der Waals surface area contributed by atoms with Gasteiger partial charge in [-0.25, -0.2) is 19.3 Å². The Morgan fingerprint density at radius 1 is 1.00 bits per heavy atom. The molecule has 0 amide bonds. The van der Waals surface area contributed by atoms with Gasteiger partial charge >= 0.3 is 18.5 Å². The molecule has 0 atom stereocenters. The standard InChI is InChI=1S/C17H9F5N4O2/c18-15(19)28-10-3-1-9(2-4-10)26-14-11(5-6-12(24-14)17(20,21)22)13-23-7-8-25(13)16(26)27/h1-8,15H. The molecular formula is C17H9F5N4O2. The van der Waals surface area contributed by atoms with E-state index < -0.39 is 24.2 Å². The molecule has 0 radical (unpaired) electrons. The fourth-order valence-corrected chi connectivity index (χ4v) is 2.82. The molecule has 0 saturated carbocycles. The van der Waals surface area contributed by atoms with Gasteiger partial charge in [0.2, 0.25) is 0 Å². The maximum Gasteiger partial charge on any atom is 0.433 e. The minimum atomic E-state index is -4.72. The summed E-state index contributed by atoms with van der Waals surface area (Å²) in [4.78, 5) is 20.5. The third kappa shape index (κ3) is 2.94. The van der Waals surface area contributed by atoms with Crippen LogP contribution in [0.2, 0.25) is 0 Å². The monoisotopic (exact) mass is 396 g/mol. The normalized spacial score (nSPS) is 12.2. The minimum Gasteiger partial charge on any atom is -0.435 e. The zero-order valence-corrected chi connectivity index (χ0v) is 13.7. The first-order chi connectivity index (χ1) is 13.3. The van der Waals surface area contributed by atoms with Crippen LogP contribution in [0.1, 0.15) is 5.69 Å². The number of fused-ring (bicyclic) bond motifs is 3. The Hall–Kier alpha value is -3.50. The molecule has 0 aliphatic heterocycles. The first-order valence-corrected chi connectivity index (χ1v) is 7.77. The van der Waals surface area contributed by atoms with E-state index in [0.29, 0.717) is 0 Å². The summed E-state index contributed by atoms with van der Waals surface area (Å²) < 4.78 is 70.3. The molecule has 0 fully saturated rings. The second-order valence-electron chi connectivity index (χ2n) is 5.68. The first-order valence-electron chi connectivity index (χ1n) is 7.77. The molecule has 0 unspecified atom stereocenters. The van der Waals surface area contributed by atoms with Gasteiger partial charge in [0.05, 0.1) is 11.1 Å². The Labute approximate surface area is 152 Å². The molecule has 11 heteroatoms. The summed E-state index contributed by atoms with van der Waals surface area (Å²) in [6, 6.07) is 6.85. The van der Waals surface area contributed by atoms with Crippen molar-refractivity contribution in [1.29, 1.82) is 0 Å². The Balaban J connectivity index is 2.02. The quantitative estimate of drug-likeness (QED) is 0.496. The summed E-state index contributed by atoms with van der Waals surface area (Å²) in [5, 5.41) is 0.213. The maximum absolute atomic E-state index is 13.1. The van der Waals surface area contributed by atoms with Gasteiger partial charge in [-0.15, -0.1) is 0 Å². The second-order valence-corrected chi connectivity index (χ2v) is 5.68. The average Bonchev–Trinajstić information content (AvgIpc) is 3.12. The fourth-order valence-electron chi connectivity index (χ4n) is 2.82. The predicted molar refractivity (Wildman–Crippen MR) is 87.7 cm³/mol. The molecule has 0 spiro atoms. The number of aromatic nitrogens is 4. The molecule has 0 bridgehead atoms. The molecule has 28 heavy (non-hydrogen) atoms. The highest BCUT2D eigenvalue weighted by Gasteiger charge is 2.33. The molecule has 0 saturated heterocycles. The lowest BCUT2D eigenvalue weighted by molar-refractivity contribution is -0.141. The van der Waals surface area contributed by atoms with Gasteiger partial charge < -0.3 is 4.74 Å². The molecule has 3 aromatic heterocycles. The number of nitrogens with zero attached hydrogens (tertiary/aromatic N) is 4. The number of rotatable bonds is 3. The van der Waals surface area contributed by atoms with Crippen molar-refractivity contribution in [3.63, 3.8) is 0 Å². The van der Waals surface area contributed by atoms with Crippen LogP contribution >= 0.6 is 0 Å². The predicted octanol–water partition coefficient (Wildman–Crippen LogP) is 3.65. The van der Waals surface area contributed by atoms with E-state index in [1.807, 2.05) is 0 Å². The van der Waals surface area contributed by atoms with Gasteiger partial charge in [0, 0.05) is 12.4 Å². The first kappa shape index (κ1) is 17.9. The fraction of sp³-hybridized carbons (Fsp3) is 0.118. The number of imidazole rings is 1. The lowest BCUT2D eigenvalue weighted by Crippen LogP contribution is -2.26. The topological polar surface area (TPSA) is 61.4 Å². The van der Waals surface area contributed by atoms with E-state index in [0.717, 1.165) is 15.0 Å². The SMILES string of the molecule is O=c1n(-c2ccc(OC(F)F)cc2)c2nc(C(F)(F)F)ccc2c2nccn12. The zero-order chi connectivity index (χ0) is 20.1. The zero-order valence-electron chi connectivity index (χ0n) is 13.7. The highest BCUT2D eigenvalue weighted by molar-refractivity contribution is 5.90.